The van der Waals surface area contributed by atoms with E-state index in [9.17, 15) is 4.79 Å². The van der Waals surface area contributed by atoms with Gasteiger partial charge in [-0.1, -0.05) is 44.0 Å². The van der Waals surface area contributed by atoms with Gasteiger partial charge in [0, 0.05) is 11.8 Å². The number of nitrogens with one attached hydrogen (secondary N) is 1. The van der Waals surface area contributed by atoms with E-state index in [1.807, 2.05) is 0 Å². The predicted octanol–water partition coefficient (Wildman–Crippen LogP) is 2.89. The maximum atomic E-state index is 11.9. The highest BCUT2D eigenvalue weighted by atomic mass is 16.2. The van der Waals surface area contributed by atoms with Crippen molar-refractivity contribution >= 4 is 11.6 Å². The van der Waals surface area contributed by atoms with Crippen molar-refractivity contribution in [3.05, 3.63) is 35.4 Å². The summed E-state index contributed by atoms with van der Waals surface area (Å²) in [5.41, 5.74) is 6.28. The fourth-order valence-corrected chi connectivity index (χ4v) is 3.24. The highest BCUT2D eigenvalue weighted by molar-refractivity contribution is 6.06. The van der Waals surface area contributed by atoms with E-state index in [0.29, 0.717) is 5.92 Å². The van der Waals surface area contributed by atoms with Gasteiger partial charge in [0.15, 0.2) is 0 Å². The normalized spacial score (nSPS) is 26.4. The molecule has 0 spiro atoms. The monoisotopic (exact) mass is 256 g/mol. The number of benzene rings is 1. The topological polar surface area (TPSA) is 41.5 Å². The number of hydrazone groups is 1. The Morgan fingerprint density at radius 1 is 1.16 bits per heavy atom. The van der Waals surface area contributed by atoms with E-state index in [1.165, 1.54) is 12.0 Å². The highest BCUT2D eigenvalue weighted by Gasteiger charge is 2.37. The largest absolute Gasteiger partial charge is 0.273 e. The lowest BCUT2D eigenvalue weighted by molar-refractivity contribution is -0.127. The standard InChI is InChI=1S/C16H20N2O/c1-2-11-7-9-12(10-8-11)15-13-5-3-4-6-14(13)16(19)18-17-15/h7-10,13-14H,2-6H2,1H3,(H,18,19). The molecule has 100 valence electrons. The summed E-state index contributed by atoms with van der Waals surface area (Å²) in [6.07, 6.45) is 5.52. The predicted molar refractivity (Wildman–Crippen MR) is 75.9 cm³/mol. The molecule has 0 aromatic heterocycles. The summed E-state index contributed by atoms with van der Waals surface area (Å²) in [6, 6.07) is 8.60. The van der Waals surface area contributed by atoms with Crippen LogP contribution in [0.5, 0.6) is 0 Å². The average molecular weight is 256 g/mol. The lowest BCUT2D eigenvalue weighted by Crippen LogP contribution is -2.43. The van der Waals surface area contributed by atoms with Crippen molar-refractivity contribution in [2.45, 2.75) is 39.0 Å². The molecule has 3 heteroatoms. The Bertz CT molecular complexity index is 504. The van der Waals surface area contributed by atoms with Crippen LogP contribution in [0.3, 0.4) is 0 Å². The number of hydrogen-bond acceptors (Lipinski definition) is 2. The van der Waals surface area contributed by atoms with Crippen molar-refractivity contribution in [3.63, 3.8) is 0 Å². The summed E-state index contributed by atoms with van der Waals surface area (Å²) in [6.45, 7) is 2.16. The molecule has 0 saturated heterocycles. The van der Waals surface area contributed by atoms with Crippen molar-refractivity contribution in [3.8, 4) is 0 Å². The van der Waals surface area contributed by atoms with E-state index in [2.05, 4.69) is 41.7 Å². The lowest BCUT2D eigenvalue weighted by atomic mass is 9.74. The Morgan fingerprint density at radius 3 is 2.53 bits per heavy atom. The van der Waals surface area contributed by atoms with Crippen LogP contribution in [-0.4, -0.2) is 11.6 Å². The highest BCUT2D eigenvalue weighted by Crippen LogP contribution is 2.35. The van der Waals surface area contributed by atoms with E-state index in [0.717, 1.165) is 37.0 Å². The quantitative estimate of drug-likeness (QED) is 0.868. The van der Waals surface area contributed by atoms with Gasteiger partial charge in [-0.3, -0.25) is 4.79 Å². The zero-order valence-electron chi connectivity index (χ0n) is 11.4. The van der Waals surface area contributed by atoms with Crippen LogP contribution in [0.25, 0.3) is 0 Å². The van der Waals surface area contributed by atoms with E-state index >= 15 is 0 Å². The first-order valence-electron chi connectivity index (χ1n) is 7.26. The third-order valence-corrected chi connectivity index (χ3v) is 4.40. The van der Waals surface area contributed by atoms with Crippen molar-refractivity contribution in [1.82, 2.24) is 5.43 Å². The van der Waals surface area contributed by atoms with Gasteiger partial charge in [-0.05, 0) is 30.4 Å². The molecule has 2 unspecified atom stereocenters. The van der Waals surface area contributed by atoms with Crippen LogP contribution < -0.4 is 5.43 Å². The number of hydrogen-bond donors (Lipinski definition) is 1. The van der Waals surface area contributed by atoms with Crippen molar-refractivity contribution < 1.29 is 4.79 Å². The fraction of sp³-hybridized carbons (Fsp3) is 0.500. The molecule has 1 amide bonds. The molecule has 1 saturated carbocycles. The molecule has 3 nitrogen and oxygen atoms in total. The van der Waals surface area contributed by atoms with Crippen LogP contribution in [0.15, 0.2) is 29.4 Å². The van der Waals surface area contributed by atoms with Crippen LogP contribution >= 0.6 is 0 Å². The molecule has 3 rings (SSSR count). The number of nitrogens with zero attached hydrogens (tertiary/aromatic N) is 1. The fourth-order valence-electron chi connectivity index (χ4n) is 3.24. The van der Waals surface area contributed by atoms with Crippen LogP contribution in [0.1, 0.15) is 43.7 Å². The van der Waals surface area contributed by atoms with Gasteiger partial charge in [0.25, 0.3) is 0 Å². The van der Waals surface area contributed by atoms with E-state index in [4.69, 9.17) is 0 Å². The Balaban J connectivity index is 1.91. The summed E-state index contributed by atoms with van der Waals surface area (Å²) >= 11 is 0. The first kappa shape index (κ1) is 12.4. The van der Waals surface area contributed by atoms with E-state index in [1.54, 1.807) is 0 Å². The number of rotatable bonds is 2. The molecular weight excluding hydrogens is 236 g/mol. The Hall–Kier alpha value is -1.64. The Labute approximate surface area is 114 Å². The molecule has 2 aliphatic rings. The molecule has 19 heavy (non-hydrogen) atoms. The smallest absolute Gasteiger partial charge is 0.243 e. The third-order valence-electron chi connectivity index (χ3n) is 4.40. The summed E-state index contributed by atoms with van der Waals surface area (Å²) in [7, 11) is 0. The van der Waals surface area contributed by atoms with Gasteiger partial charge in [-0.15, -0.1) is 0 Å². The zero-order valence-corrected chi connectivity index (χ0v) is 11.4. The van der Waals surface area contributed by atoms with Gasteiger partial charge in [0.05, 0.1) is 5.71 Å². The molecule has 0 bridgehead atoms. The van der Waals surface area contributed by atoms with Gasteiger partial charge in [-0.2, -0.15) is 5.10 Å². The SMILES string of the molecule is CCc1ccc(C2=NNC(=O)C3CCCCC23)cc1. The van der Waals surface area contributed by atoms with Crippen LogP contribution in [0.2, 0.25) is 0 Å². The maximum Gasteiger partial charge on any atom is 0.243 e. The number of carbonyl (C=O) groups is 1. The molecule has 1 fully saturated rings. The second-order valence-corrected chi connectivity index (χ2v) is 5.52. The number of amides is 1. The second kappa shape index (κ2) is 5.16. The summed E-state index contributed by atoms with van der Waals surface area (Å²) in [5.74, 6) is 0.556. The summed E-state index contributed by atoms with van der Waals surface area (Å²) in [5, 5.41) is 4.34. The van der Waals surface area contributed by atoms with Crippen LogP contribution in [-0.2, 0) is 11.2 Å². The molecule has 1 aromatic carbocycles. The Morgan fingerprint density at radius 2 is 1.84 bits per heavy atom. The number of aryl methyl sites for hydroxylation is 1. The first-order valence-corrected chi connectivity index (χ1v) is 7.26. The minimum Gasteiger partial charge on any atom is -0.273 e. The van der Waals surface area contributed by atoms with Crippen molar-refractivity contribution in [2.24, 2.45) is 16.9 Å². The molecular formula is C16H20N2O. The lowest BCUT2D eigenvalue weighted by Gasteiger charge is -2.34. The molecule has 1 aliphatic carbocycles. The minimum absolute atomic E-state index is 0.110. The number of carbonyl (C=O) groups excluding carboxylic acids is 1. The zero-order chi connectivity index (χ0) is 13.2. The molecule has 1 heterocycles. The van der Waals surface area contributed by atoms with Gasteiger partial charge >= 0.3 is 0 Å². The summed E-state index contributed by atoms with van der Waals surface area (Å²) in [4.78, 5) is 11.9. The second-order valence-electron chi connectivity index (χ2n) is 5.52. The third kappa shape index (κ3) is 2.29. The van der Waals surface area contributed by atoms with E-state index < -0.39 is 0 Å². The van der Waals surface area contributed by atoms with Gasteiger partial charge in [-0.25, -0.2) is 5.43 Å². The molecule has 1 aliphatic heterocycles. The maximum absolute atomic E-state index is 11.9. The molecule has 1 N–H and O–H groups in total. The van der Waals surface area contributed by atoms with Gasteiger partial charge in [0.1, 0.15) is 0 Å². The van der Waals surface area contributed by atoms with Crippen molar-refractivity contribution in [2.75, 3.05) is 0 Å². The Kier molecular flexibility index (Phi) is 3.36. The van der Waals surface area contributed by atoms with Gasteiger partial charge in [0.2, 0.25) is 5.91 Å². The average Bonchev–Trinajstić information content (AvgIpc) is 2.48. The molecule has 1 aromatic rings. The first-order chi connectivity index (χ1) is 9.29. The molecule has 0 radical (unpaired) electrons. The van der Waals surface area contributed by atoms with Crippen molar-refractivity contribution in [1.29, 1.82) is 0 Å². The number of fused-ring (bicyclic) bond motifs is 1. The molecule has 2 atom stereocenters. The van der Waals surface area contributed by atoms with E-state index in [-0.39, 0.29) is 11.8 Å². The summed E-state index contributed by atoms with van der Waals surface area (Å²) < 4.78 is 0. The van der Waals surface area contributed by atoms with Gasteiger partial charge < -0.3 is 0 Å². The van der Waals surface area contributed by atoms with Crippen LogP contribution in [0.4, 0.5) is 0 Å². The van der Waals surface area contributed by atoms with Crippen LogP contribution in [0, 0.1) is 11.8 Å². The minimum atomic E-state index is 0.110.